The smallest absolute Gasteiger partial charge is 0.325 e. The Kier molecular flexibility index (Phi) is 4.54. The number of hydrogen-bond acceptors (Lipinski definition) is 3. The van der Waals surface area contributed by atoms with Crippen LogP contribution in [0.2, 0.25) is 0 Å². The van der Waals surface area contributed by atoms with Crippen molar-refractivity contribution in [1.82, 2.24) is 15.1 Å². The van der Waals surface area contributed by atoms with Crippen molar-refractivity contribution in [1.29, 1.82) is 0 Å². The summed E-state index contributed by atoms with van der Waals surface area (Å²) < 4.78 is 0. The van der Waals surface area contributed by atoms with Crippen LogP contribution in [-0.2, 0) is 9.59 Å². The molecule has 4 amide bonds. The monoisotopic (exact) mass is 295 g/mol. The van der Waals surface area contributed by atoms with Crippen molar-refractivity contribution < 1.29 is 14.4 Å². The fourth-order valence-corrected chi connectivity index (χ4v) is 3.26. The van der Waals surface area contributed by atoms with Crippen molar-refractivity contribution in [2.45, 2.75) is 51.0 Å². The Morgan fingerprint density at radius 1 is 1.33 bits per heavy atom. The molecule has 1 spiro atoms. The maximum Gasteiger partial charge on any atom is 0.325 e. The van der Waals surface area contributed by atoms with Gasteiger partial charge in [0.05, 0.1) is 0 Å². The molecule has 2 rings (SSSR count). The molecule has 1 aliphatic heterocycles. The lowest BCUT2D eigenvalue weighted by Crippen LogP contribution is -2.52. The van der Waals surface area contributed by atoms with Crippen LogP contribution in [0.4, 0.5) is 4.79 Å². The van der Waals surface area contributed by atoms with Crippen molar-refractivity contribution in [2.75, 3.05) is 20.6 Å². The molecule has 1 saturated carbocycles. The van der Waals surface area contributed by atoms with Crippen LogP contribution in [0.3, 0.4) is 0 Å². The van der Waals surface area contributed by atoms with E-state index in [1.165, 1.54) is 0 Å². The normalized spacial score (nSPS) is 28.9. The van der Waals surface area contributed by atoms with E-state index >= 15 is 0 Å². The van der Waals surface area contributed by atoms with Crippen LogP contribution < -0.4 is 5.32 Å². The van der Waals surface area contributed by atoms with E-state index in [4.69, 9.17) is 0 Å². The standard InChI is InChI=1S/C15H25N3O3/c1-11-6-8-15(9-7-11)13(20)16-14(21)18(15)10-4-5-12(19)17(2)3/h11H,4-10H2,1-3H3,(H,16,20,21). The zero-order valence-corrected chi connectivity index (χ0v) is 13.1. The minimum atomic E-state index is -0.662. The lowest BCUT2D eigenvalue weighted by Gasteiger charge is -2.40. The van der Waals surface area contributed by atoms with Crippen LogP contribution >= 0.6 is 0 Å². The Labute approximate surface area is 125 Å². The predicted octanol–water partition coefficient (Wildman–Crippen LogP) is 1.36. The summed E-state index contributed by atoms with van der Waals surface area (Å²) in [5.41, 5.74) is -0.662. The number of carbonyl (C=O) groups is 3. The van der Waals surface area contributed by atoms with Crippen LogP contribution in [0.15, 0.2) is 0 Å². The highest BCUT2D eigenvalue weighted by atomic mass is 16.2. The molecule has 1 aliphatic carbocycles. The zero-order chi connectivity index (χ0) is 15.6. The first kappa shape index (κ1) is 15.8. The maximum absolute atomic E-state index is 12.2. The topological polar surface area (TPSA) is 69.7 Å². The molecule has 0 radical (unpaired) electrons. The average Bonchev–Trinajstić information content (AvgIpc) is 2.65. The Morgan fingerprint density at radius 2 is 1.95 bits per heavy atom. The van der Waals surface area contributed by atoms with Gasteiger partial charge >= 0.3 is 6.03 Å². The Hall–Kier alpha value is -1.59. The van der Waals surface area contributed by atoms with Gasteiger partial charge in [-0.25, -0.2) is 4.79 Å². The summed E-state index contributed by atoms with van der Waals surface area (Å²) in [6.45, 7) is 2.65. The Bertz CT molecular complexity index is 439. The summed E-state index contributed by atoms with van der Waals surface area (Å²) in [7, 11) is 3.44. The molecule has 0 aromatic carbocycles. The molecule has 0 bridgehead atoms. The van der Waals surface area contributed by atoms with Gasteiger partial charge in [-0.2, -0.15) is 0 Å². The molecule has 6 heteroatoms. The van der Waals surface area contributed by atoms with E-state index in [0.29, 0.717) is 25.3 Å². The number of hydrogen-bond donors (Lipinski definition) is 1. The second-order valence-electron chi connectivity index (χ2n) is 6.52. The van der Waals surface area contributed by atoms with E-state index in [9.17, 15) is 14.4 Å². The summed E-state index contributed by atoms with van der Waals surface area (Å²) >= 11 is 0. The fraction of sp³-hybridized carbons (Fsp3) is 0.800. The average molecular weight is 295 g/mol. The van der Waals surface area contributed by atoms with E-state index in [1.54, 1.807) is 23.9 Å². The molecule has 2 fully saturated rings. The summed E-state index contributed by atoms with van der Waals surface area (Å²) in [5.74, 6) is 0.502. The second kappa shape index (κ2) is 6.03. The molecular formula is C15H25N3O3. The molecule has 1 N–H and O–H groups in total. The summed E-state index contributed by atoms with van der Waals surface area (Å²) in [4.78, 5) is 39.1. The van der Waals surface area contributed by atoms with E-state index in [0.717, 1.165) is 25.7 Å². The van der Waals surface area contributed by atoms with Crippen molar-refractivity contribution in [3.63, 3.8) is 0 Å². The summed E-state index contributed by atoms with van der Waals surface area (Å²) in [5, 5.41) is 2.46. The molecule has 0 unspecified atom stereocenters. The molecule has 21 heavy (non-hydrogen) atoms. The second-order valence-corrected chi connectivity index (χ2v) is 6.52. The number of nitrogens with one attached hydrogen (secondary N) is 1. The van der Waals surface area contributed by atoms with Gasteiger partial charge < -0.3 is 9.80 Å². The number of rotatable bonds is 4. The molecule has 6 nitrogen and oxygen atoms in total. The molecule has 0 aromatic heterocycles. The first-order valence-electron chi connectivity index (χ1n) is 7.70. The molecule has 1 heterocycles. The minimum Gasteiger partial charge on any atom is -0.349 e. The SMILES string of the molecule is CC1CCC2(CC1)C(=O)NC(=O)N2CCCC(=O)N(C)C. The third-order valence-corrected chi connectivity index (χ3v) is 4.78. The highest BCUT2D eigenvalue weighted by Crippen LogP contribution is 2.39. The van der Waals surface area contributed by atoms with Gasteiger partial charge in [-0.05, 0) is 38.0 Å². The fourth-order valence-electron chi connectivity index (χ4n) is 3.26. The van der Waals surface area contributed by atoms with Crippen molar-refractivity contribution in [3.05, 3.63) is 0 Å². The van der Waals surface area contributed by atoms with Crippen molar-refractivity contribution >= 4 is 17.8 Å². The van der Waals surface area contributed by atoms with Gasteiger partial charge in [-0.3, -0.25) is 14.9 Å². The number of amides is 4. The minimum absolute atomic E-state index is 0.0484. The predicted molar refractivity (Wildman–Crippen MR) is 78.5 cm³/mol. The molecule has 0 aromatic rings. The first-order valence-corrected chi connectivity index (χ1v) is 7.70. The summed E-state index contributed by atoms with van der Waals surface area (Å²) in [6.07, 6.45) is 4.38. The van der Waals surface area contributed by atoms with Gasteiger partial charge in [-0.15, -0.1) is 0 Å². The quantitative estimate of drug-likeness (QED) is 0.796. The van der Waals surface area contributed by atoms with Crippen LogP contribution in [0.5, 0.6) is 0 Å². The van der Waals surface area contributed by atoms with Gasteiger partial charge in [0.2, 0.25) is 5.91 Å². The van der Waals surface area contributed by atoms with Gasteiger partial charge in [0.15, 0.2) is 0 Å². The molecule has 0 atom stereocenters. The van der Waals surface area contributed by atoms with Gasteiger partial charge in [0, 0.05) is 27.1 Å². The molecule has 2 aliphatic rings. The Balaban J connectivity index is 2.00. The third-order valence-electron chi connectivity index (χ3n) is 4.78. The Morgan fingerprint density at radius 3 is 2.52 bits per heavy atom. The van der Waals surface area contributed by atoms with E-state index in [1.807, 2.05) is 0 Å². The number of imide groups is 1. The van der Waals surface area contributed by atoms with Gasteiger partial charge in [-0.1, -0.05) is 6.92 Å². The molecular weight excluding hydrogens is 270 g/mol. The highest BCUT2D eigenvalue weighted by molar-refractivity contribution is 6.07. The van der Waals surface area contributed by atoms with Crippen molar-refractivity contribution in [2.24, 2.45) is 5.92 Å². The number of carbonyl (C=O) groups excluding carboxylic acids is 3. The maximum atomic E-state index is 12.2. The van der Waals surface area contributed by atoms with E-state index in [2.05, 4.69) is 12.2 Å². The molecule has 1 saturated heterocycles. The lowest BCUT2D eigenvalue weighted by molar-refractivity contribution is -0.129. The number of nitrogens with zero attached hydrogens (tertiary/aromatic N) is 2. The first-order chi connectivity index (χ1) is 9.86. The largest absolute Gasteiger partial charge is 0.349 e. The van der Waals surface area contributed by atoms with Crippen LogP contribution in [-0.4, -0.2) is 53.8 Å². The van der Waals surface area contributed by atoms with Crippen LogP contribution in [0, 0.1) is 5.92 Å². The van der Waals surface area contributed by atoms with Gasteiger partial charge in [0.25, 0.3) is 5.91 Å². The zero-order valence-electron chi connectivity index (χ0n) is 13.1. The lowest BCUT2D eigenvalue weighted by atomic mass is 9.76. The number of urea groups is 1. The summed E-state index contributed by atoms with van der Waals surface area (Å²) in [6, 6.07) is -0.299. The van der Waals surface area contributed by atoms with Gasteiger partial charge in [0.1, 0.15) is 5.54 Å². The highest BCUT2D eigenvalue weighted by Gasteiger charge is 2.53. The van der Waals surface area contributed by atoms with E-state index < -0.39 is 5.54 Å². The third kappa shape index (κ3) is 3.04. The van der Waals surface area contributed by atoms with Crippen LogP contribution in [0.25, 0.3) is 0 Å². The van der Waals surface area contributed by atoms with Crippen LogP contribution in [0.1, 0.15) is 45.4 Å². The van der Waals surface area contributed by atoms with E-state index in [-0.39, 0.29) is 17.8 Å². The molecule has 118 valence electrons. The van der Waals surface area contributed by atoms with Crippen molar-refractivity contribution in [3.8, 4) is 0 Å².